The van der Waals surface area contributed by atoms with E-state index in [0.29, 0.717) is 27.6 Å². The van der Waals surface area contributed by atoms with Gasteiger partial charge in [-0.3, -0.25) is 14.5 Å². The van der Waals surface area contributed by atoms with Crippen LogP contribution in [-0.2, 0) is 16.1 Å². The van der Waals surface area contributed by atoms with Crippen LogP contribution in [-0.4, -0.2) is 16.7 Å². The van der Waals surface area contributed by atoms with Crippen molar-refractivity contribution in [2.45, 2.75) is 13.5 Å². The molecule has 2 aromatic carbocycles. The molecule has 0 atom stereocenters. The van der Waals surface area contributed by atoms with Gasteiger partial charge in [0.1, 0.15) is 11.5 Å². The second-order valence-corrected chi connectivity index (χ2v) is 6.91. The zero-order valence-electron chi connectivity index (χ0n) is 15.1. The second-order valence-electron chi connectivity index (χ2n) is 6.48. The van der Waals surface area contributed by atoms with Crippen LogP contribution in [0, 0.1) is 6.92 Å². The molecule has 0 fully saturated rings. The number of carbonyl (C=O) groups excluding carboxylic acids is 2. The third kappa shape index (κ3) is 3.32. The third-order valence-electron chi connectivity index (χ3n) is 4.58. The van der Waals surface area contributed by atoms with Crippen molar-refractivity contribution in [1.29, 1.82) is 0 Å². The van der Waals surface area contributed by atoms with Crippen LogP contribution in [0.15, 0.2) is 77.0 Å². The van der Waals surface area contributed by atoms with Gasteiger partial charge in [-0.2, -0.15) is 0 Å². The van der Waals surface area contributed by atoms with Gasteiger partial charge in [0.25, 0.3) is 11.8 Å². The van der Waals surface area contributed by atoms with Crippen LogP contribution < -0.4 is 5.32 Å². The maximum atomic E-state index is 13.1. The number of furan rings is 1. The predicted molar refractivity (Wildman–Crippen MR) is 107 cm³/mol. The third-order valence-corrected chi connectivity index (χ3v) is 4.82. The van der Waals surface area contributed by atoms with Gasteiger partial charge in [0, 0.05) is 10.7 Å². The van der Waals surface area contributed by atoms with Gasteiger partial charge < -0.3 is 9.73 Å². The number of carbonyl (C=O) groups is 2. The maximum Gasteiger partial charge on any atom is 0.278 e. The van der Waals surface area contributed by atoms with Crippen molar-refractivity contribution < 1.29 is 14.0 Å². The molecule has 1 aliphatic rings. The number of amides is 2. The van der Waals surface area contributed by atoms with Crippen molar-refractivity contribution in [2.24, 2.45) is 0 Å². The minimum absolute atomic E-state index is 0.0701. The topological polar surface area (TPSA) is 62.6 Å². The van der Waals surface area contributed by atoms with Crippen molar-refractivity contribution in [2.75, 3.05) is 5.32 Å². The number of nitrogens with zero attached hydrogens (tertiary/aromatic N) is 1. The molecule has 28 heavy (non-hydrogen) atoms. The molecule has 0 spiro atoms. The Morgan fingerprint density at radius 3 is 2.50 bits per heavy atom. The molecule has 0 bridgehead atoms. The Kier molecular flexibility index (Phi) is 4.75. The van der Waals surface area contributed by atoms with Gasteiger partial charge in [-0.05, 0) is 42.3 Å². The van der Waals surface area contributed by atoms with Gasteiger partial charge in [0.2, 0.25) is 0 Å². The number of nitrogens with one attached hydrogen (secondary N) is 1. The number of aryl methyl sites for hydroxylation is 1. The van der Waals surface area contributed by atoms with Gasteiger partial charge in [0.05, 0.1) is 18.4 Å². The van der Waals surface area contributed by atoms with E-state index in [2.05, 4.69) is 5.32 Å². The molecule has 1 N–H and O–H groups in total. The molecule has 0 aliphatic carbocycles. The fraction of sp³-hybridized carbons (Fsp3) is 0.0909. The molecule has 4 rings (SSSR count). The summed E-state index contributed by atoms with van der Waals surface area (Å²) in [5, 5.41) is 3.68. The molecular formula is C22H17ClN2O3. The van der Waals surface area contributed by atoms with E-state index in [1.54, 1.807) is 24.3 Å². The minimum Gasteiger partial charge on any atom is -0.467 e. The van der Waals surface area contributed by atoms with Crippen LogP contribution in [0.3, 0.4) is 0 Å². The average Bonchev–Trinajstić information content (AvgIpc) is 3.28. The van der Waals surface area contributed by atoms with E-state index in [-0.39, 0.29) is 18.1 Å². The van der Waals surface area contributed by atoms with Crippen LogP contribution in [0.2, 0.25) is 5.02 Å². The quantitative estimate of drug-likeness (QED) is 0.643. The smallest absolute Gasteiger partial charge is 0.278 e. The first-order valence-electron chi connectivity index (χ1n) is 8.76. The SMILES string of the molecule is Cc1ccc(Cl)cc1NC1=C(c2ccccc2)C(=O)N(Cc2ccco2)C1=O. The number of hydrogen-bond acceptors (Lipinski definition) is 4. The summed E-state index contributed by atoms with van der Waals surface area (Å²) in [7, 11) is 0. The number of anilines is 1. The Hall–Kier alpha value is -3.31. The van der Waals surface area contributed by atoms with E-state index in [1.807, 2.05) is 43.3 Å². The van der Waals surface area contributed by atoms with Crippen molar-refractivity contribution in [3.8, 4) is 0 Å². The first-order chi connectivity index (χ1) is 13.5. The van der Waals surface area contributed by atoms with Crippen LogP contribution in [0.5, 0.6) is 0 Å². The Labute approximate surface area is 167 Å². The van der Waals surface area contributed by atoms with Crippen molar-refractivity contribution in [3.05, 3.63) is 94.5 Å². The summed E-state index contributed by atoms with van der Waals surface area (Å²) in [4.78, 5) is 27.5. The highest BCUT2D eigenvalue weighted by Gasteiger charge is 2.39. The standard InChI is InChI=1S/C22H17ClN2O3/c1-14-9-10-16(23)12-18(14)24-20-19(15-6-3-2-4-7-15)21(26)25(22(20)27)13-17-8-5-11-28-17/h2-12,24H,13H2,1H3. The van der Waals surface area contributed by atoms with E-state index >= 15 is 0 Å². The first kappa shape index (κ1) is 18.1. The Bertz CT molecular complexity index is 1070. The van der Waals surface area contributed by atoms with Crippen molar-refractivity contribution in [1.82, 2.24) is 4.90 Å². The molecule has 0 unspecified atom stereocenters. The van der Waals surface area contributed by atoms with Gasteiger partial charge in [-0.15, -0.1) is 0 Å². The average molecular weight is 393 g/mol. The highest BCUT2D eigenvalue weighted by Crippen LogP contribution is 2.32. The molecule has 0 saturated carbocycles. The summed E-state index contributed by atoms with van der Waals surface area (Å²) in [6.07, 6.45) is 1.51. The lowest BCUT2D eigenvalue weighted by atomic mass is 10.0. The molecule has 1 aromatic heterocycles. The molecule has 0 radical (unpaired) electrons. The lowest BCUT2D eigenvalue weighted by molar-refractivity contribution is -0.137. The summed E-state index contributed by atoms with van der Waals surface area (Å²) in [6, 6.07) is 18.0. The van der Waals surface area contributed by atoms with Gasteiger partial charge in [-0.1, -0.05) is 48.0 Å². The summed E-state index contributed by atoms with van der Waals surface area (Å²) in [5.41, 5.74) is 2.82. The zero-order chi connectivity index (χ0) is 19.7. The Balaban J connectivity index is 1.77. The van der Waals surface area contributed by atoms with Crippen LogP contribution in [0.4, 0.5) is 5.69 Å². The maximum absolute atomic E-state index is 13.1. The van der Waals surface area contributed by atoms with Crippen LogP contribution >= 0.6 is 11.6 Å². The van der Waals surface area contributed by atoms with E-state index < -0.39 is 5.91 Å². The molecule has 6 heteroatoms. The highest BCUT2D eigenvalue weighted by molar-refractivity contribution is 6.36. The van der Waals surface area contributed by atoms with Gasteiger partial charge in [0.15, 0.2) is 0 Å². The molecule has 3 aromatic rings. The summed E-state index contributed by atoms with van der Waals surface area (Å²) in [6.45, 7) is 1.98. The van der Waals surface area contributed by atoms with Crippen LogP contribution in [0.25, 0.3) is 5.57 Å². The zero-order valence-corrected chi connectivity index (χ0v) is 15.9. The van der Waals surface area contributed by atoms with Crippen molar-refractivity contribution in [3.63, 3.8) is 0 Å². The van der Waals surface area contributed by atoms with E-state index in [4.69, 9.17) is 16.0 Å². The fourth-order valence-electron chi connectivity index (χ4n) is 3.13. The molecule has 5 nitrogen and oxygen atoms in total. The first-order valence-corrected chi connectivity index (χ1v) is 9.14. The molecular weight excluding hydrogens is 376 g/mol. The number of rotatable bonds is 5. The minimum atomic E-state index is -0.403. The number of benzene rings is 2. The van der Waals surface area contributed by atoms with Crippen molar-refractivity contribution >= 4 is 34.7 Å². The monoisotopic (exact) mass is 392 g/mol. The van der Waals surface area contributed by atoms with E-state index in [9.17, 15) is 9.59 Å². The molecule has 1 aliphatic heterocycles. The molecule has 0 saturated heterocycles. The van der Waals surface area contributed by atoms with E-state index in [0.717, 1.165) is 5.56 Å². The van der Waals surface area contributed by atoms with Crippen LogP contribution in [0.1, 0.15) is 16.9 Å². The van der Waals surface area contributed by atoms with Gasteiger partial charge in [-0.25, -0.2) is 0 Å². The number of hydrogen-bond donors (Lipinski definition) is 1. The summed E-state index contributed by atoms with van der Waals surface area (Å²) in [5.74, 6) is -0.233. The summed E-state index contributed by atoms with van der Waals surface area (Å²) >= 11 is 6.11. The largest absolute Gasteiger partial charge is 0.467 e. The Morgan fingerprint density at radius 2 is 1.79 bits per heavy atom. The summed E-state index contributed by atoms with van der Waals surface area (Å²) < 4.78 is 5.32. The second kappa shape index (κ2) is 7.37. The normalized spacial score (nSPS) is 14.1. The lowest BCUT2D eigenvalue weighted by Crippen LogP contribution is -2.31. The molecule has 2 amide bonds. The predicted octanol–water partition coefficient (Wildman–Crippen LogP) is 4.63. The fourth-order valence-corrected chi connectivity index (χ4v) is 3.30. The van der Waals surface area contributed by atoms with Gasteiger partial charge >= 0.3 is 0 Å². The molecule has 2 heterocycles. The van der Waals surface area contributed by atoms with E-state index in [1.165, 1.54) is 11.2 Å². The lowest BCUT2D eigenvalue weighted by Gasteiger charge is -2.14. The number of halogens is 1. The Morgan fingerprint density at radius 1 is 1.00 bits per heavy atom. The highest BCUT2D eigenvalue weighted by atomic mass is 35.5. The number of imide groups is 1. The molecule has 140 valence electrons.